The first-order valence-corrected chi connectivity index (χ1v) is 6.23. The van der Waals surface area contributed by atoms with Gasteiger partial charge >= 0.3 is 0 Å². The van der Waals surface area contributed by atoms with Crippen LogP contribution in [0.2, 0.25) is 0 Å². The van der Waals surface area contributed by atoms with Gasteiger partial charge in [-0.2, -0.15) is 0 Å². The summed E-state index contributed by atoms with van der Waals surface area (Å²) in [6.07, 6.45) is 3.81. The molecule has 0 unspecified atom stereocenters. The molecule has 1 aliphatic carbocycles. The number of amides is 1. The summed E-state index contributed by atoms with van der Waals surface area (Å²) in [6, 6.07) is 4.00. The van der Waals surface area contributed by atoms with Gasteiger partial charge in [-0.05, 0) is 25.0 Å². The number of pyridine rings is 1. The summed E-state index contributed by atoms with van der Waals surface area (Å²) in [7, 11) is 1.83. The first-order chi connectivity index (χ1) is 8.56. The standard InChI is InChI=1S/C12H16N4OS/c1-16(7-11(17)15-9-3-4-9)10-5-2-8(6-14-10)12(13)18/h2,5-6,9H,3-4,7H2,1H3,(H2,13,18)(H,15,17). The Morgan fingerprint density at radius 2 is 2.33 bits per heavy atom. The number of carbonyl (C=O) groups excluding carboxylic acids is 1. The second kappa shape index (κ2) is 5.30. The molecule has 1 saturated carbocycles. The van der Waals surface area contributed by atoms with E-state index in [1.54, 1.807) is 23.2 Å². The summed E-state index contributed by atoms with van der Waals surface area (Å²) in [4.78, 5) is 18.0. The van der Waals surface area contributed by atoms with E-state index in [0.29, 0.717) is 17.6 Å². The Balaban J connectivity index is 1.92. The highest BCUT2D eigenvalue weighted by Gasteiger charge is 2.23. The van der Waals surface area contributed by atoms with Crippen LogP contribution in [0.15, 0.2) is 18.3 Å². The van der Waals surface area contributed by atoms with Crippen LogP contribution < -0.4 is 16.0 Å². The number of anilines is 1. The van der Waals surface area contributed by atoms with Crippen molar-refractivity contribution in [2.24, 2.45) is 5.73 Å². The molecule has 6 heteroatoms. The smallest absolute Gasteiger partial charge is 0.239 e. The largest absolute Gasteiger partial charge is 0.389 e. The fourth-order valence-electron chi connectivity index (χ4n) is 1.56. The van der Waals surface area contributed by atoms with E-state index in [-0.39, 0.29) is 5.91 Å². The van der Waals surface area contributed by atoms with Crippen molar-refractivity contribution >= 4 is 28.9 Å². The van der Waals surface area contributed by atoms with Crippen LogP contribution >= 0.6 is 12.2 Å². The van der Waals surface area contributed by atoms with Crippen LogP contribution in [-0.2, 0) is 4.79 Å². The predicted molar refractivity (Wildman–Crippen MR) is 74.6 cm³/mol. The van der Waals surface area contributed by atoms with Crippen LogP contribution in [0.4, 0.5) is 5.82 Å². The minimum atomic E-state index is 0.0280. The number of nitrogens with zero attached hydrogens (tertiary/aromatic N) is 2. The zero-order valence-corrected chi connectivity index (χ0v) is 11.0. The summed E-state index contributed by atoms with van der Waals surface area (Å²) in [6.45, 7) is 0.302. The number of aromatic nitrogens is 1. The molecule has 18 heavy (non-hydrogen) atoms. The summed E-state index contributed by atoms with van der Waals surface area (Å²) < 4.78 is 0. The van der Waals surface area contributed by atoms with Gasteiger partial charge in [-0.25, -0.2) is 4.98 Å². The highest BCUT2D eigenvalue weighted by Crippen LogP contribution is 2.18. The van der Waals surface area contributed by atoms with Crippen LogP contribution in [0.25, 0.3) is 0 Å². The van der Waals surface area contributed by atoms with Gasteiger partial charge in [-0.3, -0.25) is 4.79 Å². The van der Waals surface area contributed by atoms with Crippen molar-refractivity contribution in [3.05, 3.63) is 23.9 Å². The maximum atomic E-state index is 11.6. The molecular weight excluding hydrogens is 248 g/mol. The Morgan fingerprint density at radius 1 is 1.61 bits per heavy atom. The molecule has 1 aromatic rings. The number of hydrogen-bond acceptors (Lipinski definition) is 4. The SMILES string of the molecule is CN(CC(=O)NC1CC1)c1ccc(C(N)=S)cn1. The minimum absolute atomic E-state index is 0.0280. The van der Waals surface area contributed by atoms with Crippen molar-refractivity contribution < 1.29 is 4.79 Å². The first kappa shape index (κ1) is 12.8. The third kappa shape index (κ3) is 3.40. The van der Waals surface area contributed by atoms with E-state index in [0.717, 1.165) is 24.2 Å². The van der Waals surface area contributed by atoms with E-state index >= 15 is 0 Å². The van der Waals surface area contributed by atoms with Crippen LogP contribution in [0.5, 0.6) is 0 Å². The first-order valence-electron chi connectivity index (χ1n) is 5.82. The highest BCUT2D eigenvalue weighted by atomic mass is 32.1. The topological polar surface area (TPSA) is 71.2 Å². The zero-order chi connectivity index (χ0) is 13.1. The van der Waals surface area contributed by atoms with Crippen molar-refractivity contribution in [1.82, 2.24) is 10.3 Å². The Bertz CT molecular complexity index is 456. The van der Waals surface area contributed by atoms with Gasteiger partial charge in [0.05, 0.1) is 6.54 Å². The van der Waals surface area contributed by atoms with E-state index in [4.69, 9.17) is 18.0 Å². The van der Waals surface area contributed by atoms with E-state index in [1.165, 1.54) is 0 Å². The average Bonchev–Trinajstić information content (AvgIpc) is 3.12. The molecule has 0 bridgehead atoms. The summed E-state index contributed by atoms with van der Waals surface area (Å²) in [5.41, 5.74) is 6.22. The molecule has 1 fully saturated rings. The van der Waals surface area contributed by atoms with Gasteiger partial charge in [0.1, 0.15) is 10.8 Å². The molecule has 1 amide bonds. The fourth-order valence-corrected chi connectivity index (χ4v) is 1.68. The summed E-state index contributed by atoms with van der Waals surface area (Å²) >= 11 is 4.86. The molecule has 0 atom stereocenters. The van der Waals surface area contributed by atoms with E-state index in [9.17, 15) is 4.79 Å². The van der Waals surface area contributed by atoms with Crippen molar-refractivity contribution in [1.29, 1.82) is 0 Å². The number of carbonyl (C=O) groups is 1. The van der Waals surface area contributed by atoms with Gasteiger partial charge in [0.2, 0.25) is 5.91 Å². The van der Waals surface area contributed by atoms with Crippen molar-refractivity contribution in [3.63, 3.8) is 0 Å². The van der Waals surface area contributed by atoms with E-state index in [1.807, 2.05) is 7.05 Å². The number of hydrogen-bond donors (Lipinski definition) is 2. The lowest BCUT2D eigenvalue weighted by Gasteiger charge is -2.17. The summed E-state index contributed by atoms with van der Waals surface area (Å²) in [5.74, 6) is 0.751. The molecule has 3 N–H and O–H groups in total. The third-order valence-corrected chi connectivity index (χ3v) is 2.98. The van der Waals surface area contributed by atoms with Gasteiger partial charge in [0, 0.05) is 24.8 Å². The lowest BCUT2D eigenvalue weighted by atomic mass is 10.3. The lowest BCUT2D eigenvalue weighted by Crippen LogP contribution is -2.36. The molecule has 0 saturated heterocycles. The van der Waals surface area contributed by atoms with Gasteiger partial charge in [0.15, 0.2) is 0 Å². The summed E-state index contributed by atoms with van der Waals surface area (Å²) in [5, 5.41) is 2.93. The van der Waals surface area contributed by atoms with Gasteiger partial charge in [-0.15, -0.1) is 0 Å². The fraction of sp³-hybridized carbons (Fsp3) is 0.417. The number of thiocarbonyl (C=S) groups is 1. The number of rotatable bonds is 5. The molecule has 2 rings (SSSR count). The molecule has 1 heterocycles. The third-order valence-electron chi connectivity index (χ3n) is 2.75. The van der Waals surface area contributed by atoms with Crippen molar-refractivity contribution in [3.8, 4) is 0 Å². The van der Waals surface area contributed by atoms with Gasteiger partial charge in [0.25, 0.3) is 0 Å². The second-order valence-corrected chi connectivity index (χ2v) is 4.91. The molecule has 1 aliphatic rings. The molecule has 0 spiro atoms. The molecule has 0 radical (unpaired) electrons. The van der Waals surface area contributed by atoms with E-state index < -0.39 is 0 Å². The van der Waals surface area contributed by atoms with Gasteiger partial charge in [-0.1, -0.05) is 12.2 Å². The zero-order valence-electron chi connectivity index (χ0n) is 10.2. The Hall–Kier alpha value is -1.69. The molecule has 5 nitrogen and oxygen atoms in total. The van der Waals surface area contributed by atoms with Crippen molar-refractivity contribution in [2.45, 2.75) is 18.9 Å². The molecule has 0 aliphatic heterocycles. The number of nitrogens with one attached hydrogen (secondary N) is 1. The molecule has 96 valence electrons. The molecule has 0 aromatic carbocycles. The van der Waals surface area contributed by atoms with Crippen molar-refractivity contribution in [2.75, 3.05) is 18.5 Å². The van der Waals surface area contributed by atoms with Crippen LogP contribution in [-0.4, -0.2) is 35.5 Å². The van der Waals surface area contributed by atoms with Crippen LogP contribution in [0.1, 0.15) is 18.4 Å². The average molecular weight is 264 g/mol. The number of nitrogens with two attached hydrogens (primary N) is 1. The monoisotopic (exact) mass is 264 g/mol. The predicted octanol–water partition coefficient (Wildman–Crippen LogP) is 0.431. The second-order valence-electron chi connectivity index (χ2n) is 4.47. The van der Waals surface area contributed by atoms with E-state index in [2.05, 4.69) is 10.3 Å². The Kier molecular flexibility index (Phi) is 3.76. The minimum Gasteiger partial charge on any atom is -0.389 e. The maximum absolute atomic E-state index is 11.6. The quantitative estimate of drug-likeness (QED) is 0.755. The Labute approximate surface area is 111 Å². The van der Waals surface area contributed by atoms with Gasteiger partial charge < -0.3 is 16.0 Å². The maximum Gasteiger partial charge on any atom is 0.239 e. The van der Waals surface area contributed by atoms with Crippen LogP contribution in [0, 0.1) is 0 Å². The normalized spacial score (nSPS) is 14.1. The Morgan fingerprint density at radius 3 is 2.83 bits per heavy atom. The molecular formula is C12H16N4OS. The highest BCUT2D eigenvalue weighted by molar-refractivity contribution is 7.80. The van der Waals surface area contributed by atoms with Crippen LogP contribution in [0.3, 0.4) is 0 Å². The number of likely N-dealkylation sites (N-methyl/N-ethyl adjacent to an activating group) is 1. The molecule has 1 aromatic heterocycles. The lowest BCUT2D eigenvalue weighted by molar-refractivity contribution is -0.119.